The van der Waals surface area contributed by atoms with Gasteiger partial charge in [0, 0.05) is 11.4 Å². The fourth-order valence-electron chi connectivity index (χ4n) is 1.44. The molecule has 0 bridgehead atoms. The lowest BCUT2D eigenvalue weighted by Gasteiger charge is -2.04. The van der Waals surface area contributed by atoms with Crippen LogP contribution in [-0.4, -0.2) is 20.9 Å². The van der Waals surface area contributed by atoms with Crippen LogP contribution in [0, 0.1) is 17.0 Å². The van der Waals surface area contributed by atoms with E-state index >= 15 is 0 Å². The van der Waals surface area contributed by atoms with Crippen LogP contribution in [0.5, 0.6) is 5.75 Å². The van der Waals surface area contributed by atoms with Gasteiger partial charge in [0.15, 0.2) is 5.13 Å². The molecule has 1 heterocycles. The maximum atomic E-state index is 11.9. The SMILES string of the molecule is Cc1csc(NC(=O)c2cccc([N+](=O)[O-])c2O)n1. The highest BCUT2D eigenvalue weighted by Crippen LogP contribution is 2.30. The molecular weight excluding hydrogens is 270 g/mol. The molecule has 1 amide bonds. The predicted octanol–water partition coefficient (Wildman–Crippen LogP) is 2.32. The summed E-state index contributed by atoms with van der Waals surface area (Å²) in [5.74, 6) is -1.30. The van der Waals surface area contributed by atoms with Crippen LogP contribution in [0.3, 0.4) is 0 Å². The molecule has 0 atom stereocenters. The van der Waals surface area contributed by atoms with Gasteiger partial charge in [-0.05, 0) is 13.0 Å². The van der Waals surface area contributed by atoms with Crippen LogP contribution in [0.15, 0.2) is 23.6 Å². The molecule has 0 aliphatic heterocycles. The van der Waals surface area contributed by atoms with Crippen molar-refractivity contribution in [1.29, 1.82) is 0 Å². The molecular formula is C11H9N3O4S. The number of amides is 1. The Morgan fingerprint density at radius 3 is 2.84 bits per heavy atom. The number of nitro benzene ring substituents is 1. The van der Waals surface area contributed by atoms with Crippen LogP contribution >= 0.6 is 11.3 Å². The molecule has 0 saturated heterocycles. The van der Waals surface area contributed by atoms with E-state index in [1.54, 1.807) is 12.3 Å². The Morgan fingerprint density at radius 2 is 2.26 bits per heavy atom. The summed E-state index contributed by atoms with van der Waals surface area (Å²) in [7, 11) is 0. The molecule has 0 radical (unpaired) electrons. The number of aryl methyl sites for hydroxylation is 1. The van der Waals surface area contributed by atoms with Gasteiger partial charge in [0.25, 0.3) is 5.91 Å². The Balaban J connectivity index is 2.29. The van der Waals surface area contributed by atoms with E-state index in [0.29, 0.717) is 5.13 Å². The number of carbonyl (C=O) groups is 1. The molecule has 0 saturated carbocycles. The van der Waals surface area contributed by atoms with Crippen molar-refractivity contribution in [2.24, 2.45) is 0 Å². The lowest BCUT2D eigenvalue weighted by molar-refractivity contribution is -0.385. The number of anilines is 1. The standard InChI is InChI=1S/C11H9N3O4S/c1-6-5-19-11(12-6)13-10(16)7-3-2-4-8(9(7)15)14(17)18/h2-5,15H,1H3,(H,12,13,16). The zero-order valence-corrected chi connectivity index (χ0v) is 10.6. The predicted molar refractivity (Wildman–Crippen MR) is 69.6 cm³/mol. The van der Waals surface area contributed by atoms with Crippen LogP contribution in [0.2, 0.25) is 0 Å². The maximum absolute atomic E-state index is 11.9. The minimum Gasteiger partial charge on any atom is -0.502 e. The number of hydrogen-bond acceptors (Lipinski definition) is 6. The van der Waals surface area contributed by atoms with Crippen molar-refractivity contribution < 1.29 is 14.8 Å². The second-order valence-corrected chi connectivity index (χ2v) is 4.54. The number of nitro groups is 1. The van der Waals surface area contributed by atoms with Gasteiger partial charge in [-0.2, -0.15) is 0 Å². The van der Waals surface area contributed by atoms with E-state index in [4.69, 9.17) is 0 Å². The molecule has 0 unspecified atom stereocenters. The monoisotopic (exact) mass is 279 g/mol. The molecule has 2 aromatic rings. The number of nitrogens with zero attached hydrogens (tertiary/aromatic N) is 2. The van der Waals surface area contributed by atoms with Crippen LogP contribution in [-0.2, 0) is 0 Å². The lowest BCUT2D eigenvalue weighted by Crippen LogP contribution is -2.12. The van der Waals surface area contributed by atoms with Gasteiger partial charge in [0.05, 0.1) is 16.2 Å². The summed E-state index contributed by atoms with van der Waals surface area (Å²) in [5, 5.41) is 24.9. The first kappa shape index (κ1) is 13.0. The number of carbonyl (C=O) groups excluding carboxylic acids is 1. The summed E-state index contributed by atoms with van der Waals surface area (Å²) in [5.41, 5.74) is 0.0774. The van der Waals surface area contributed by atoms with Gasteiger partial charge in [-0.15, -0.1) is 11.3 Å². The fraction of sp³-hybridized carbons (Fsp3) is 0.0909. The molecule has 98 valence electrons. The summed E-state index contributed by atoms with van der Waals surface area (Å²) in [4.78, 5) is 25.8. The van der Waals surface area contributed by atoms with Crippen LogP contribution in [0.25, 0.3) is 0 Å². The molecule has 0 aliphatic carbocycles. The van der Waals surface area contributed by atoms with Gasteiger partial charge in [0.2, 0.25) is 5.75 Å². The number of hydrogen-bond donors (Lipinski definition) is 2. The summed E-state index contributed by atoms with van der Waals surface area (Å²) >= 11 is 1.23. The number of para-hydroxylation sites is 1. The molecule has 2 N–H and O–H groups in total. The number of thiazole rings is 1. The summed E-state index contributed by atoms with van der Waals surface area (Å²) < 4.78 is 0. The third-order valence-corrected chi connectivity index (χ3v) is 3.17. The van der Waals surface area contributed by atoms with Gasteiger partial charge in [0.1, 0.15) is 0 Å². The van der Waals surface area contributed by atoms with E-state index in [1.165, 1.54) is 23.5 Å². The summed E-state index contributed by atoms with van der Waals surface area (Å²) in [6, 6.07) is 3.76. The van der Waals surface area contributed by atoms with Gasteiger partial charge in [-0.25, -0.2) is 4.98 Å². The topological polar surface area (TPSA) is 105 Å². The van der Waals surface area contributed by atoms with E-state index in [1.807, 2.05) is 0 Å². The van der Waals surface area contributed by atoms with Crippen molar-refractivity contribution in [3.05, 3.63) is 45.0 Å². The number of phenols is 1. The molecule has 8 heteroatoms. The van der Waals surface area contributed by atoms with Gasteiger partial charge in [-0.1, -0.05) is 6.07 Å². The zero-order chi connectivity index (χ0) is 14.0. The summed E-state index contributed by atoms with van der Waals surface area (Å²) in [6.45, 7) is 1.77. The van der Waals surface area contributed by atoms with E-state index in [-0.39, 0.29) is 5.56 Å². The average Bonchev–Trinajstić information content (AvgIpc) is 2.74. The number of phenolic OH excluding ortho intramolecular Hbond substituents is 1. The molecule has 0 aliphatic rings. The van der Waals surface area contributed by atoms with Crippen molar-refractivity contribution >= 4 is 28.1 Å². The van der Waals surface area contributed by atoms with Crippen molar-refractivity contribution in [2.75, 3.05) is 5.32 Å². The molecule has 7 nitrogen and oxygen atoms in total. The van der Waals surface area contributed by atoms with Crippen LogP contribution in [0.4, 0.5) is 10.8 Å². The number of aromatic hydroxyl groups is 1. The Labute approximate surface area is 111 Å². The molecule has 0 fully saturated rings. The number of rotatable bonds is 3. The van der Waals surface area contributed by atoms with Crippen molar-refractivity contribution in [2.45, 2.75) is 6.92 Å². The highest BCUT2D eigenvalue weighted by Gasteiger charge is 2.21. The van der Waals surface area contributed by atoms with Crippen molar-refractivity contribution in [3.8, 4) is 5.75 Å². The highest BCUT2D eigenvalue weighted by molar-refractivity contribution is 7.13. The van der Waals surface area contributed by atoms with Gasteiger partial charge < -0.3 is 5.11 Å². The minimum atomic E-state index is -0.750. The largest absolute Gasteiger partial charge is 0.502 e. The smallest absolute Gasteiger partial charge is 0.311 e. The summed E-state index contributed by atoms with van der Waals surface area (Å²) in [6.07, 6.45) is 0. The van der Waals surface area contributed by atoms with E-state index in [0.717, 1.165) is 11.8 Å². The van der Waals surface area contributed by atoms with Gasteiger partial charge >= 0.3 is 5.69 Å². The van der Waals surface area contributed by atoms with Crippen LogP contribution in [0.1, 0.15) is 16.1 Å². The third kappa shape index (κ3) is 2.68. The quantitative estimate of drug-likeness (QED) is 0.662. The molecule has 2 rings (SSSR count). The molecule has 19 heavy (non-hydrogen) atoms. The average molecular weight is 279 g/mol. The van der Waals surface area contributed by atoms with Crippen molar-refractivity contribution in [1.82, 2.24) is 4.98 Å². The Bertz CT molecular complexity index is 653. The Kier molecular flexibility index (Phi) is 3.43. The highest BCUT2D eigenvalue weighted by atomic mass is 32.1. The second-order valence-electron chi connectivity index (χ2n) is 3.68. The van der Waals surface area contributed by atoms with E-state index in [9.17, 15) is 20.0 Å². The molecule has 1 aromatic heterocycles. The Morgan fingerprint density at radius 1 is 1.53 bits per heavy atom. The third-order valence-electron chi connectivity index (χ3n) is 2.30. The maximum Gasteiger partial charge on any atom is 0.311 e. The molecule has 1 aromatic carbocycles. The van der Waals surface area contributed by atoms with E-state index < -0.39 is 22.3 Å². The van der Waals surface area contributed by atoms with E-state index in [2.05, 4.69) is 10.3 Å². The first-order chi connectivity index (χ1) is 8.99. The van der Waals surface area contributed by atoms with Crippen molar-refractivity contribution in [3.63, 3.8) is 0 Å². The first-order valence-corrected chi connectivity index (χ1v) is 6.07. The lowest BCUT2D eigenvalue weighted by atomic mass is 10.1. The fourth-order valence-corrected chi connectivity index (χ4v) is 2.12. The Hall–Kier alpha value is -2.48. The number of benzene rings is 1. The van der Waals surface area contributed by atoms with Gasteiger partial charge in [-0.3, -0.25) is 20.2 Å². The first-order valence-electron chi connectivity index (χ1n) is 5.19. The van der Waals surface area contributed by atoms with Crippen LogP contribution < -0.4 is 5.32 Å². The zero-order valence-electron chi connectivity index (χ0n) is 9.78. The minimum absolute atomic E-state index is 0.165. The second kappa shape index (κ2) is 5.02. The normalized spacial score (nSPS) is 10.2. The number of nitrogens with one attached hydrogen (secondary N) is 1. The number of aromatic nitrogens is 1. The molecule has 0 spiro atoms.